The van der Waals surface area contributed by atoms with Crippen LogP contribution in [-0.4, -0.2) is 41.8 Å². The van der Waals surface area contributed by atoms with Gasteiger partial charge in [-0.1, -0.05) is 27.7 Å². The molecule has 8 nitrogen and oxygen atoms in total. The van der Waals surface area contributed by atoms with Crippen LogP contribution in [0.5, 0.6) is 0 Å². The standard InChI is InChI=1S/C18H30N4O4Si/c1-11(2)18(3,4)27(5,6)26-15-12(9-19)16(25-13(15)10-23)22-8-7-14(20)21-17(22)24/h7-8,11-13,15-16,23H,10H2,1-6H3,(H2,20,21,24)/t12-,13-,15?,16-/m1/s1. The first-order valence-electron chi connectivity index (χ1n) is 9.14. The predicted molar refractivity (Wildman–Crippen MR) is 104 cm³/mol. The van der Waals surface area contributed by atoms with Gasteiger partial charge in [0.05, 0.1) is 18.8 Å². The Balaban J connectivity index is 2.39. The summed E-state index contributed by atoms with van der Waals surface area (Å²) in [6.45, 7) is 12.6. The van der Waals surface area contributed by atoms with Crippen molar-refractivity contribution in [3.63, 3.8) is 0 Å². The molecule has 0 aromatic carbocycles. The zero-order valence-corrected chi connectivity index (χ0v) is 17.8. The van der Waals surface area contributed by atoms with Crippen molar-refractivity contribution in [2.24, 2.45) is 11.8 Å². The summed E-state index contributed by atoms with van der Waals surface area (Å²) in [6.07, 6.45) is -0.755. The fourth-order valence-electron chi connectivity index (χ4n) is 3.21. The molecule has 0 saturated carbocycles. The van der Waals surface area contributed by atoms with Gasteiger partial charge in [0.2, 0.25) is 0 Å². The average molecular weight is 395 g/mol. The topological polar surface area (TPSA) is 123 Å². The average Bonchev–Trinajstić information content (AvgIpc) is 2.91. The molecule has 9 heteroatoms. The summed E-state index contributed by atoms with van der Waals surface area (Å²) in [5.74, 6) is -0.268. The number of aromatic nitrogens is 2. The molecule has 1 aliphatic heterocycles. The Labute approximate surface area is 161 Å². The number of nitrogens with zero attached hydrogens (tertiary/aromatic N) is 3. The van der Waals surface area contributed by atoms with Crippen LogP contribution in [0, 0.1) is 23.2 Å². The number of aliphatic hydroxyl groups is 1. The largest absolute Gasteiger partial charge is 0.410 e. The SMILES string of the molecule is CC(C)C(C)(C)[Si](C)(C)OC1[C@@H](C#N)[C@H](n2ccc(N)nc2=O)O[C@@H]1CO. The third-order valence-corrected chi connectivity index (χ3v) is 10.8. The molecule has 27 heavy (non-hydrogen) atoms. The molecule has 4 atom stereocenters. The van der Waals surface area contributed by atoms with Gasteiger partial charge < -0.3 is 20.0 Å². The van der Waals surface area contributed by atoms with E-state index in [1.54, 1.807) is 0 Å². The Morgan fingerprint density at radius 3 is 2.63 bits per heavy atom. The molecule has 1 aromatic rings. The van der Waals surface area contributed by atoms with Crippen LogP contribution in [0.4, 0.5) is 5.82 Å². The Kier molecular flexibility index (Phi) is 6.16. The molecule has 0 amide bonds. The van der Waals surface area contributed by atoms with Gasteiger partial charge in [0.1, 0.15) is 17.8 Å². The number of rotatable bonds is 6. The maximum absolute atomic E-state index is 12.2. The van der Waals surface area contributed by atoms with Crippen molar-refractivity contribution in [1.29, 1.82) is 5.26 Å². The lowest BCUT2D eigenvalue weighted by Gasteiger charge is -2.44. The minimum Gasteiger partial charge on any atom is -0.410 e. The molecule has 1 saturated heterocycles. The van der Waals surface area contributed by atoms with Crippen LogP contribution >= 0.6 is 0 Å². The molecular formula is C18H30N4O4Si. The number of nitriles is 1. The maximum Gasteiger partial charge on any atom is 0.351 e. The van der Waals surface area contributed by atoms with Gasteiger partial charge in [-0.25, -0.2) is 4.79 Å². The maximum atomic E-state index is 12.2. The molecule has 3 N–H and O–H groups in total. The van der Waals surface area contributed by atoms with Gasteiger partial charge in [-0.3, -0.25) is 4.57 Å². The van der Waals surface area contributed by atoms with Crippen LogP contribution in [-0.2, 0) is 9.16 Å². The van der Waals surface area contributed by atoms with Gasteiger partial charge in [-0.15, -0.1) is 0 Å². The van der Waals surface area contributed by atoms with Gasteiger partial charge in [0.25, 0.3) is 0 Å². The van der Waals surface area contributed by atoms with Gasteiger partial charge in [0, 0.05) is 6.20 Å². The van der Waals surface area contributed by atoms with Crippen molar-refractivity contribution >= 4 is 14.1 Å². The summed E-state index contributed by atoms with van der Waals surface area (Å²) >= 11 is 0. The highest BCUT2D eigenvalue weighted by molar-refractivity contribution is 6.74. The van der Waals surface area contributed by atoms with E-state index in [0.29, 0.717) is 5.92 Å². The monoisotopic (exact) mass is 394 g/mol. The van der Waals surface area contributed by atoms with E-state index in [1.165, 1.54) is 16.8 Å². The van der Waals surface area contributed by atoms with Gasteiger partial charge in [-0.05, 0) is 30.1 Å². The third kappa shape index (κ3) is 3.94. The summed E-state index contributed by atoms with van der Waals surface area (Å²) in [4.78, 5) is 15.9. The quantitative estimate of drug-likeness (QED) is 0.706. The lowest BCUT2D eigenvalue weighted by Crippen LogP contribution is -2.51. The van der Waals surface area contributed by atoms with Gasteiger partial charge in [-0.2, -0.15) is 10.2 Å². The smallest absolute Gasteiger partial charge is 0.351 e. The number of hydrogen-bond donors (Lipinski definition) is 2. The van der Waals surface area contributed by atoms with E-state index in [0.717, 1.165) is 0 Å². The van der Waals surface area contributed by atoms with Crippen molar-refractivity contribution in [1.82, 2.24) is 9.55 Å². The van der Waals surface area contributed by atoms with E-state index < -0.39 is 38.4 Å². The lowest BCUT2D eigenvalue weighted by atomic mass is 9.99. The van der Waals surface area contributed by atoms with Gasteiger partial charge >= 0.3 is 5.69 Å². The molecule has 1 unspecified atom stereocenters. The minimum absolute atomic E-state index is 0.0648. The second-order valence-corrected chi connectivity index (χ2v) is 13.0. The van der Waals surface area contributed by atoms with E-state index >= 15 is 0 Å². The summed E-state index contributed by atoms with van der Waals surface area (Å²) in [5, 5.41) is 19.5. The predicted octanol–water partition coefficient (Wildman–Crippen LogP) is 1.88. The van der Waals surface area contributed by atoms with Crippen LogP contribution < -0.4 is 11.4 Å². The van der Waals surface area contributed by atoms with Crippen LogP contribution in [0.1, 0.15) is 33.9 Å². The number of ether oxygens (including phenoxy) is 1. The Morgan fingerprint density at radius 1 is 1.52 bits per heavy atom. The molecule has 150 valence electrons. The summed E-state index contributed by atoms with van der Waals surface area (Å²) in [5.41, 5.74) is 4.94. The van der Waals surface area contributed by atoms with E-state index in [-0.39, 0.29) is 17.5 Å². The summed E-state index contributed by atoms with van der Waals surface area (Å²) in [6, 6.07) is 3.69. The molecular weight excluding hydrogens is 364 g/mol. The molecule has 1 aliphatic rings. The highest BCUT2D eigenvalue weighted by Crippen LogP contribution is 2.47. The number of hydrogen-bond acceptors (Lipinski definition) is 7. The van der Waals surface area contributed by atoms with Crippen molar-refractivity contribution in [3.8, 4) is 6.07 Å². The molecule has 2 heterocycles. The van der Waals surface area contributed by atoms with E-state index in [1.807, 2.05) is 0 Å². The second-order valence-electron chi connectivity index (χ2n) is 8.41. The number of nitrogens with two attached hydrogens (primary N) is 1. The second kappa shape index (κ2) is 7.71. The third-order valence-electron chi connectivity index (χ3n) is 6.22. The molecule has 2 rings (SSSR count). The zero-order valence-electron chi connectivity index (χ0n) is 16.8. The van der Waals surface area contributed by atoms with Crippen LogP contribution in [0.15, 0.2) is 17.1 Å². The van der Waals surface area contributed by atoms with Crippen molar-refractivity contribution < 1.29 is 14.3 Å². The van der Waals surface area contributed by atoms with E-state index in [4.69, 9.17) is 14.9 Å². The molecule has 0 bridgehead atoms. The van der Waals surface area contributed by atoms with Crippen molar-refractivity contribution in [3.05, 3.63) is 22.7 Å². The van der Waals surface area contributed by atoms with Crippen molar-refractivity contribution in [2.75, 3.05) is 12.3 Å². The molecule has 0 aliphatic carbocycles. The first-order valence-corrected chi connectivity index (χ1v) is 12.1. The Morgan fingerprint density at radius 2 is 2.15 bits per heavy atom. The highest BCUT2D eigenvalue weighted by atomic mass is 28.4. The number of anilines is 1. The number of aliphatic hydroxyl groups excluding tert-OH is 1. The van der Waals surface area contributed by atoms with Crippen molar-refractivity contribution in [2.45, 2.75) is 64.3 Å². The normalized spacial score (nSPS) is 26.3. The lowest BCUT2D eigenvalue weighted by molar-refractivity contribution is -0.0454. The molecule has 0 radical (unpaired) electrons. The fourth-order valence-corrected chi connectivity index (χ4v) is 5.89. The van der Waals surface area contributed by atoms with E-state index in [9.17, 15) is 15.2 Å². The Bertz CT molecular complexity index is 771. The summed E-state index contributed by atoms with van der Waals surface area (Å²) < 4.78 is 13.6. The first kappa shape index (κ1) is 21.6. The number of nitrogen functional groups attached to an aromatic ring is 1. The Hall–Kier alpha value is -1.73. The first-order chi connectivity index (χ1) is 12.5. The van der Waals surface area contributed by atoms with E-state index in [2.05, 4.69) is 51.8 Å². The van der Waals surface area contributed by atoms with Crippen LogP contribution in [0.25, 0.3) is 0 Å². The van der Waals surface area contributed by atoms with Crippen LogP contribution in [0.2, 0.25) is 18.1 Å². The zero-order chi connectivity index (χ0) is 20.6. The van der Waals surface area contributed by atoms with Crippen LogP contribution in [0.3, 0.4) is 0 Å². The fraction of sp³-hybridized carbons (Fsp3) is 0.722. The molecule has 1 fully saturated rings. The van der Waals surface area contributed by atoms with Gasteiger partial charge in [0.15, 0.2) is 14.5 Å². The minimum atomic E-state index is -2.29. The molecule has 0 spiro atoms. The highest BCUT2D eigenvalue weighted by Gasteiger charge is 2.52. The summed E-state index contributed by atoms with van der Waals surface area (Å²) in [7, 11) is -2.29. The molecule has 1 aromatic heterocycles.